The van der Waals surface area contributed by atoms with E-state index >= 15 is 0 Å². The molecule has 0 spiro atoms. The Morgan fingerprint density at radius 2 is 0.667 bits per heavy atom. The first-order valence-electron chi connectivity index (χ1n) is 20.6. The van der Waals surface area contributed by atoms with E-state index in [9.17, 15) is 0 Å². The summed E-state index contributed by atoms with van der Waals surface area (Å²) >= 11 is 2.47. The van der Waals surface area contributed by atoms with Gasteiger partial charge in [0.25, 0.3) is 0 Å². The number of para-hydroxylation sites is 2. The quantitative estimate of drug-likeness (QED) is 0.0895. The van der Waals surface area contributed by atoms with Crippen molar-refractivity contribution in [2.24, 2.45) is 0 Å². The van der Waals surface area contributed by atoms with Gasteiger partial charge in [-0.2, -0.15) is 0 Å². The largest absolute Gasteiger partial charge is 0.309 e. The lowest BCUT2D eigenvalue weighted by atomic mass is 9.86. The fraction of sp³-hybridized carbons (Fsp3) is 0.0175. The zero-order chi connectivity index (χ0) is 39.7. The van der Waals surface area contributed by atoms with Crippen LogP contribution in [0.4, 0.5) is 0 Å². The molecular formula is C57H37IN2. The van der Waals surface area contributed by atoms with Crippen molar-refractivity contribution >= 4 is 87.7 Å². The number of hydrogen-bond donors (Lipinski definition) is 0. The van der Waals surface area contributed by atoms with E-state index in [2.05, 4.69) is 244 Å². The third-order valence-corrected chi connectivity index (χ3v) is 13.3. The molecule has 0 amide bonds. The summed E-state index contributed by atoms with van der Waals surface area (Å²) in [7, 11) is 0. The second-order valence-electron chi connectivity index (χ2n) is 15.7. The van der Waals surface area contributed by atoms with Crippen LogP contribution in [-0.2, 0) is 4.43 Å². The van der Waals surface area contributed by atoms with Crippen LogP contribution in [0, 0.1) is 0 Å². The first-order valence-corrected chi connectivity index (χ1v) is 22.1. The summed E-state index contributed by atoms with van der Waals surface area (Å²) in [5.41, 5.74) is 16.0. The molecule has 2 aromatic heterocycles. The van der Waals surface area contributed by atoms with E-state index in [4.69, 9.17) is 0 Å². The highest BCUT2D eigenvalue weighted by Gasteiger charge is 2.19. The summed E-state index contributed by atoms with van der Waals surface area (Å²) in [6, 6.07) is 78.3. The van der Waals surface area contributed by atoms with Gasteiger partial charge in [-0.1, -0.05) is 168 Å². The molecule has 0 fully saturated rings. The van der Waals surface area contributed by atoms with Crippen LogP contribution in [0.2, 0.25) is 0 Å². The molecule has 0 N–H and O–H groups in total. The average Bonchev–Trinajstić information content (AvgIpc) is 3.83. The number of hydrogen-bond acceptors (Lipinski definition) is 0. The van der Waals surface area contributed by atoms with Gasteiger partial charge in [0.15, 0.2) is 0 Å². The topological polar surface area (TPSA) is 9.86 Å². The summed E-state index contributed by atoms with van der Waals surface area (Å²) in [6.45, 7) is 0. The van der Waals surface area contributed by atoms with E-state index in [1.54, 1.807) is 0 Å². The number of nitrogens with zero attached hydrogens (tertiary/aromatic N) is 2. The molecule has 12 rings (SSSR count). The maximum absolute atomic E-state index is 2.47. The van der Waals surface area contributed by atoms with Crippen LogP contribution in [0.5, 0.6) is 0 Å². The van der Waals surface area contributed by atoms with Gasteiger partial charge in [0, 0.05) is 37.3 Å². The van der Waals surface area contributed by atoms with Crippen molar-refractivity contribution in [2.45, 2.75) is 4.43 Å². The van der Waals surface area contributed by atoms with Crippen LogP contribution in [0.15, 0.2) is 212 Å². The molecule has 0 atom stereocenters. The monoisotopic (exact) mass is 876 g/mol. The molecule has 0 aliphatic carbocycles. The standard InChI is InChI=1S/C57H37IN2/c58-36-37-23-30-53-49(33-37)51-35-41(27-32-55(51)59(53)42-15-5-2-6-16-42)40-26-31-54-50(34-40)44-17-11-12-22-52(44)60(54)43-28-24-39(25-29-43)57-47-20-9-7-18-45(47)56(38-13-3-1-4-14-38)46-19-8-10-21-48(46)57/h1-35H,36H2. The van der Waals surface area contributed by atoms with Crippen molar-refractivity contribution in [3.8, 4) is 44.8 Å². The van der Waals surface area contributed by atoms with Crippen molar-refractivity contribution in [1.29, 1.82) is 0 Å². The third kappa shape index (κ3) is 5.46. The molecule has 10 aromatic carbocycles. The molecule has 0 saturated heterocycles. The van der Waals surface area contributed by atoms with Crippen molar-refractivity contribution in [3.05, 3.63) is 218 Å². The Bertz CT molecular complexity index is 3560. The minimum absolute atomic E-state index is 0.977. The van der Waals surface area contributed by atoms with Crippen LogP contribution >= 0.6 is 22.6 Å². The lowest BCUT2D eigenvalue weighted by Gasteiger charge is -2.18. The van der Waals surface area contributed by atoms with Crippen molar-refractivity contribution in [2.75, 3.05) is 0 Å². The maximum Gasteiger partial charge on any atom is 0.0541 e. The number of halogens is 1. The molecule has 0 saturated carbocycles. The number of benzene rings is 10. The van der Waals surface area contributed by atoms with Crippen molar-refractivity contribution < 1.29 is 0 Å². The lowest BCUT2D eigenvalue weighted by molar-refractivity contribution is 1.18. The highest BCUT2D eigenvalue weighted by molar-refractivity contribution is 14.1. The summed E-state index contributed by atoms with van der Waals surface area (Å²) in [4.78, 5) is 0. The Hall–Kier alpha value is -6.95. The molecule has 12 aromatic rings. The Kier molecular flexibility index (Phi) is 8.24. The van der Waals surface area contributed by atoms with E-state index in [1.807, 2.05) is 0 Å². The summed E-state index contributed by atoms with van der Waals surface area (Å²) < 4.78 is 5.80. The molecule has 282 valence electrons. The Labute approximate surface area is 361 Å². The normalized spacial score (nSPS) is 11.8. The zero-order valence-corrected chi connectivity index (χ0v) is 34.8. The van der Waals surface area contributed by atoms with E-state index in [0.717, 1.165) is 10.1 Å². The van der Waals surface area contributed by atoms with Gasteiger partial charge in [0.05, 0.1) is 22.1 Å². The summed E-state index contributed by atoms with van der Waals surface area (Å²) in [5.74, 6) is 0. The van der Waals surface area contributed by atoms with E-state index in [0.29, 0.717) is 0 Å². The van der Waals surface area contributed by atoms with Crippen molar-refractivity contribution in [3.63, 3.8) is 0 Å². The smallest absolute Gasteiger partial charge is 0.0541 e. The first kappa shape index (κ1) is 35.0. The summed E-state index contributed by atoms with van der Waals surface area (Å²) in [6.07, 6.45) is 0. The third-order valence-electron chi connectivity index (χ3n) is 12.4. The number of fused-ring (bicyclic) bond motifs is 8. The molecule has 0 aliphatic heterocycles. The predicted octanol–water partition coefficient (Wildman–Crippen LogP) is 16.1. The van der Waals surface area contributed by atoms with E-state index < -0.39 is 0 Å². The van der Waals surface area contributed by atoms with Crippen molar-refractivity contribution in [1.82, 2.24) is 9.13 Å². The molecule has 0 radical (unpaired) electrons. The van der Waals surface area contributed by atoms with Gasteiger partial charge in [-0.05, 0) is 127 Å². The molecule has 60 heavy (non-hydrogen) atoms. The molecule has 2 heterocycles. The van der Waals surface area contributed by atoms with Gasteiger partial charge in [-0.15, -0.1) is 0 Å². The molecular weight excluding hydrogens is 840 g/mol. The number of rotatable bonds is 6. The molecule has 3 heteroatoms. The minimum atomic E-state index is 0.977. The molecule has 0 bridgehead atoms. The van der Waals surface area contributed by atoms with Gasteiger partial charge >= 0.3 is 0 Å². The highest BCUT2D eigenvalue weighted by atomic mass is 127. The van der Waals surface area contributed by atoms with Gasteiger partial charge < -0.3 is 9.13 Å². The van der Waals surface area contributed by atoms with Crippen LogP contribution in [0.1, 0.15) is 5.56 Å². The summed E-state index contributed by atoms with van der Waals surface area (Å²) in [5, 5.41) is 10.1. The zero-order valence-electron chi connectivity index (χ0n) is 32.7. The second kappa shape index (κ2) is 14.1. The van der Waals surface area contributed by atoms with Crippen LogP contribution in [-0.4, -0.2) is 9.13 Å². The molecule has 2 nitrogen and oxygen atoms in total. The van der Waals surface area contributed by atoms with E-state index in [-0.39, 0.29) is 0 Å². The molecule has 0 unspecified atom stereocenters. The number of aromatic nitrogens is 2. The Morgan fingerprint density at radius 1 is 0.283 bits per heavy atom. The maximum atomic E-state index is 2.47. The predicted molar refractivity (Wildman–Crippen MR) is 264 cm³/mol. The molecule has 0 aliphatic rings. The SMILES string of the molecule is ICc1ccc2c(c1)c1cc(-c3ccc4c(c3)c3ccccc3n4-c3ccc(-c4c5ccccc5c(-c5ccccc5)c5ccccc45)cc3)ccc1n2-c1ccccc1. The highest BCUT2D eigenvalue weighted by Crippen LogP contribution is 2.44. The van der Waals surface area contributed by atoms with E-state index in [1.165, 1.54) is 110 Å². The number of alkyl halides is 1. The van der Waals surface area contributed by atoms with Crippen LogP contribution < -0.4 is 0 Å². The first-order chi connectivity index (χ1) is 29.7. The Balaban J connectivity index is 0.994. The lowest BCUT2D eigenvalue weighted by Crippen LogP contribution is -1.95. The van der Waals surface area contributed by atoms with Gasteiger partial charge in [0.2, 0.25) is 0 Å². The average molecular weight is 877 g/mol. The minimum Gasteiger partial charge on any atom is -0.309 e. The Morgan fingerprint density at radius 3 is 1.22 bits per heavy atom. The van der Waals surface area contributed by atoms with Gasteiger partial charge in [-0.25, -0.2) is 0 Å². The van der Waals surface area contributed by atoms with Gasteiger partial charge in [-0.3, -0.25) is 0 Å². The van der Waals surface area contributed by atoms with Crippen LogP contribution in [0.3, 0.4) is 0 Å². The second-order valence-corrected chi connectivity index (χ2v) is 16.5. The fourth-order valence-corrected chi connectivity index (χ4v) is 10.2. The fourth-order valence-electron chi connectivity index (χ4n) is 9.75. The van der Waals surface area contributed by atoms with Gasteiger partial charge in [0.1, 0.15) is 0 Å². The van der Waals surface area contributed by atoms with Crippen LogP contribution in [0.25, 0.3) is 110 Å².